The van der Waals surface area contributed by atoms with E-state index in [0.29, 0.717) is 30.4 Å². The molecule has 1 aliphatic heterocycles. The van der Waals surface area contributed by atoms with Crippen LogP contribution < -0.4 is 10.3 Å². The monoisotopic (exact) mass is 403 g/mol. The van der Waals surface area contributed by atoms with Gasteiger partial charge in [-0.05, 0) is 47.8 Å². The summed E-state index contributed by atoms with van der Waals surface area (Å²) in [4.78, 5) is 30.3. The molecule has 7 heteroatoms. The third-order valence-corrected chi connectivity index (χ3v) is 4.97. The van der Waals surface area contributed by atoms with Crippen LogP contribution in [0.25, 0.3) is 0 Å². The second-order valence-corrected chi connectivity index (χ2v) is 7.53. The number of carbonyl (C=O) groups is 1. The van der Waals surface area contributed by atoms with Crippen molar-refractivity contribution in [3.05, 3.63) is 56.7 Å². The Labute approximate surface area is 153 Å². The number of nitrogens with zero attached hydrogens (tertiary/aromatic N) is 3. The average molecular weight is 404 g/mol. The van der Waals surface area contributed by atoms with Gasteiger partial charge in [0.1, 0.15) is 11.9 Å². The minimum absolute atomic E-state index is 0.00929. The van der Waals surface area contributed by atoms with E-state index in [1.165, 1.54) is 0 Å². The van der Waals surface area contributed by atoms with Gasteiger partial charge in [0.15, 0.2) is 0 Å². The van der Waals surface area contributed by atoms with Crippen molar-refractivity contribution in [3.8, 4) is 5.75 Å². The zero-order valence-corrected chi connectivity index (χ0v) is 15.4. The molecule has 1 aliphatic carbocycles. The van der Waals surface area contributed by atoms with Crippen molar-refractivity contribution in [1.29, 1.82) is 0 Å². The molecule has 130 valence electrons. The van der Waals surface area contributed by atoms with Gasteiger partial charge >= 0.3 is 0 Å². The SMILES string of the molecule is Cc1cc(OC2CN(C(=O)c3cncc(Br)c3)C2)cc(=O)n1C1CC1. The van der Waals surface area contributed by atoms with E-state index in [0.717, 1.165) is 23.0 Å². The maximum absolute atomic E-state index is 12.4. The number of carbonyl (C=O) groups excluding carboxylic acids is 1. The van der Waals surface area contributed by atoms with Crippen LogP contribution >= 0.6 is 15.9 Å². The van der Waals surface area contributed by atoms with Gasteiger partial charge in [-0.25, -0.2) is 0 Å². The number of aryl methyl sites for hydroxylation is 1. The topological polar surface area (TPSA) is 64.4 Å². The molecule has 3 heterocycles. The number of amides is 1. The summed E-state index contributed by atoms with van der Waals surface area (Å²) in [5.41, 5.74) is 1.47. The quantitative estimate of drug-likeness (QED) is 0.786. The van der Waals surface area contributed by atoms with Gasteiger partial charge in [0.2, 0.25) is 0 Å². The van der Waals surface area contributed by atoms with Crippen LogP contribution in [0.1, 0.15) is 34.9 Å². The number of halogens is 1. The molecule has 0 N–H and O–H groups in total. The molecule has 0 unspecified atom stereocenters. The first kappa shape index (κ1) is 16.3. The van der Waals surface area contributed by atoms with Crippen LogP contribution in [-0.2, 0) is 0 Å². The van der Waals surface area contributed by atoms with E-state index in [1.807, 2.05) is 17.6 Å². The maximum Gasteiger partial charge on any atom is 0.255 e. The summed E-state index contributed by atoms with van der Waals surface area (Å²) >= 11 is 3.32. The van der Waals surface area contributed by atoms with Crippen LogP contribution in [-0.4, -0.2) is 39.6 Å². The van der Waals surface area contributed by atoms with Crippen molar-refractivity contribution in [2.75, 3.05) is 13.1 Å². The third kappa shape index (κ3) is 3.33. The lowest BCUT2D eigenvalue weighted by Gasteiger charge is -2.39. The number of pyridine rings is 2. The molecule has 0 atom stereocenters. The Balaban J connectivity index is 1.38. The van der Waals surface area contributed by atoms with Crippen LogP contribution in [0.3, 0.4) is 0 Å². The molecule has 0 bridgehead atoms. The first-order chi connectivity index (χ1) is 12.0. The molecule has 4 rings (SSSR count). The van der Waals surface area contributed by atoms with Gasteiger partial charge in [0.05, 0.1) is 18.7 Å². The summed E-state index contributed by atoms with van der Waals surface area (Å²) in [5, 5.41) is 0. The average Bonchev–Trinajstić information content (AvgIpc) is 3.34. The van der Waals surface area contributed by atoms with Crippen LogP contribution in [0.15, 0.2) is 39.9 Å². The van der Waals surface area contributed by atoms with Crippen LogP contribution in [0.4, 0.5) is 0 Å². The van der Waals surface area contributed by atoms with E-state index < -0.39 is 0 Å². The minimum Gasteiger partial charge on any atom is -0.486 e. The van der Waals surface area contributed by atoms with Gasteiger partial charge in [-0.15, -0.1) is 0 Å². The van der Waals surface area contributed by atoms with Crippen molar-refractivity contribution < 1.29 is 9.53 Å². The molecule has 0 spiro atoms. The Morgan fingerprint density at radius 3 is 2.64 bits per heavy atom. The highest BCUT2D eigenvalue weighted by Gasteiger charge is 2.33. The summed E-state index contributed by atoms with van der Waals surface area (Å²) in [6.45, 7) is 2.95. The van der Waals surface area contributed by atoms with Crippen molar-refractivity contribution in [1.82, 2.24) is 14.5 Å². The van der Waals surface area contributed by atoms with Crippen LogP contribution in [0.5, 0.6) is 5.75 Å². The normalized spacial score (nSPS) is 17.3. The number of likely N-dealkylation sites (tertiary alicyclic amines) is 1. The molecule has 1 saturated carbocycles. The molecule has 25 heavy (non-hydrogen) atoms. The molecule has 2 aromatic heterocycles. The van der Waals surface area contributed by atoms with Gasteiger partial charge in [-0.3, -0.25) is 14.6 Å². The fraction of sp³-hybridized carbons (Fsp3) is 0.389. The number of hydrogen-bond donors (Lipinski definition) is 0. The van der Waals surface area contributed by atoms with Crippen molar-refractivity contribution in [2.24, 2.45) is 0 Å². The molecule has 2 aromatic rings. The zero-order valence-electron chi connectivity index (χ0n) is 13.8. The Bertz CT molecular complexity index is 885. The predicted molar refractivity (Wildman–Crippen MR) is 96.0 cm³/mol. The Morgan fingerprint density at radius 2 is 2.00 bits per heavy atom. The fourth-order valence-corrected chi connectivity index (χ4v) is 3.50. The predicted octanol–water partition coefficient (Wildman–Crippen LogP) is 2.55. The highest BCUT2D eigenvalue weighted by molar-refractivity contribution is 9.10. The van der Waals surface area contributed by atoms with Crippen molar-refractivity contribution in [3.63, 3.8) is 0 Å². The van der Waals surface area contributed by atoms with Crippen LogP contribution in [0, 0.1) is 6.92 Å². The number of hydrogen-bond acceptors (Lipinski definition) is 4. The molecular formula is C18H18BrN3O3. The maximum atomic E-state index is 12.4. The highest BCUT2D eigenvalue weighted by atomic mass is 79.9. The third-order valence-electron chi connectivity index (χ3n) is 4.54. The van der Waals surface area contributed by atoms with Gasteiger partial charge < -0.3 is 14.2 Å². The van der Waals surface area contributed by atoms with Gasteiger partial charge in [-0.2, -0.15) is 0 Å². The van der Waals surface area contributed by atoms with Crippen molar-refractivity contribution >= 4 is 21.8 Å². The van der Waals surface area contributed by atoms with Crippen molar-refractivity contribution in [2.45, 2.75) is 31.9 Å². The highest BCUT2D eigenvalue weighted by Crippen LogP contribution is 2.35. The number of rotatable bonds is 4. The molecule has 0 radical (unpaired) electrons. The second kappa shape index (κ2) is 6.29. The lowest BCUT2D eigenvalue weighted by Crippen LogP contribution is -2.56. The lowest BCUT2D eigenvalue weighted by molar-refractivity contribution is 0.0176. The Hall–Kier alpha value is -2.15. The Kier molecular flexibility index (Phi) is 4.11. The summed E-state index contributed by atoms with van der Waals surface area (Å²) in [6.07, 6.45) is 5.27. The number of aromatic nitrogens is 2. The van der Waals surface area contributed by atoms with Gasteiger partial charge in [0, 0.05) is 34.7 Å². The summed E-state index contributed by atoms with van der Waals surface area (Å²) in [6, 6.07) is 5.57. The smallest absolute Gasteiger partial charge is 0.255 e. The standard InChI is InChI=1S/C18H18BrN3O3/c1-11-4-15(6-17(23)22(11)14-2-3-14)25-16-9-21(10-16)18(24)12-5-13(19)8-20-7-12/h4-8,14,16H,2-3,9-10H2,1H3. The molecule has 2 aliphatic rings. The zero-order chi connectivity index (χ0) is 17.6. The van der Waals surface area contributed by atoms with Crippen LogP contribution in [0.2, 0.25) is 0 Å². The Morgan fingerprint density at radius 1 is 1.24 bits per heavy atom. The van der Waals surface area contributed by atoms with Gasteiger partial charge in [-0.1, -0.05) is 0 Å². The molecule has 2 fully saturated rings. The lowest BCUT2D eigenvalue weighted by atomic mass is 10.1. The minimum atomic E-state index is -0.0837. The molecular weight excluding hydrogens is 386 g/mol. The molecule has 1 saturated heterocycles. The largest absolute Gasteiger partial charge is 0.486 e. The summed E-state index contributed by atoms with van der Waals surface area (Å²) in [5.74, 6) is 0.523. The summed E-state index contributed by atoms with van der Waals surface area (Å²) < 4.78 is 8.49. The first-order valence-electron chi connectivity index (χ1n) is 8.31. The fourth-order valence-electron chi connectivity index (χ4n) is 3.13. The number of ether oxygens (including phenoxy) is 1. The van der Waals surface area contributed by atoms with E-state index in [1.54, 1.807) is 29.4 Å². The molecule has 6 nitrogen and oxygen atoms in total. The summed E-state index contributed by atoms with van der Waals surface area (Å²) in [7, 11) is 0. The van der Waals surface area contributed by atoms with E-state index >= 15 is 0 Å². The second-order valence-electron chi connectivity index (χ2n) is 6.61. The molecule has 1 amide bonds. The van der Waals surface area contributed by atoms with E-state index in [2.05, 4.69) is 20.9 Å². The van der Waals surface area contributed by atoms with E-state index in [-0.39, 0.29) is 17.6 Å². The van der Waals surface area contributed by atoms with E-state index in [9.17, 15) is 9.59 Å². The van der Waals surface area contributed by atoms with E-state index in [4.69, 9.17) is 4.74 Å². The molecule has 0 aromatic carbocycles. The van der Waals surface area contributed by atoms with Gasteiger partial charge in [0.25, 0.3) is 11.5 Å². The first-order valence-corrected chi connectivity index (χ1v) is 9.10.